The molecule has 0 unspecified atom stereocenters. The van der Waals surface area contributed by atoms with Gasteiger partial charge in [0.25, 0.3) is 5.91 Å². The fourth-order valence-corrected chi connectivity index (χ4v) is 4.11. The normalized spacial score (nSPS) is 14.1. The van der Waals surface area contributed by atoms with Crippen LogP contribution in [0.5, 0.6) is 11.5 Å². The van der Waals surface area contributed by atoms with E-state index in [1.165, 1.54) is 0 Å². The van der Waals surface area contributed by atoms with E-state index in [-0.39, 0.29) is 17.7 Å². The Hall–Kier alpha value is -3.81. The Kier molecular flexibility index (Phi) is 6.92. The Bertz CT molecular complexity index is 1100. The highest BCUT2D eigenvalue weighted by atomic mass is 16.5. The van der Waals surface area contributed by atoms with Crippen LogP contribution in [0.15, 0.2) is 61.1 Å². The molecule has 4 rings (SSSR count). The molecule has 8 nitrogen and oxygen atoms in total. The van der Waals surface area contributed by atoms with Gasteiger partial charge in [-0.25, -0.2) is 0 Å². The van der Waals surface area contributed by atoms with Gasteiger partial charge in [0.1, 0.15) is 17.2 Å². The van der Waals surface area contributed by atoms with Gasteiger partial charge < -0.3 is 24.3 Å². The molecule has 1 aliphatic heterocycles. The summed E-state index contributed by atoms with van der Waals surface area (Å²) in [4.78, 5) is 31.8. The predicted octanol–water partition coefficient (Wildman–Crippen LogP) is 3.06. The fourth-order valence-electron chi connectivity index (χ4n) is 4.11. The van der Waals surface area contributed by atoms with Gasteiger partial charge in [0.2, 0.25) is 5.91 Å². The van der Waals surface area contributed by atoms with Crippen LogP contribution in [-0.4, -0.2) is 53.6 Å². The van der Waals surface area contributed by atoms with Gasteiger partial charge in [-0.05, 0) is 49.2 Å². The molecule has 0 saturated carbocycles. The maximum Gasteiger partial charge on any atom is 0.270 e. The number of nitrogens with zero attached hydrogens (tertiary/aromatic N) is 3. The third-order valence-electron chi connectivity index (χ3n) is 5.99. The summed E-state index contributed by atoms with van der Waals surface area (Å²) in [6.45, 7) is 1.46. The summed E-state index contributed by atoms with van der Waals surface area (Å²) in [5, 5.41) is 3.01. The molecule has 0 spiro atoms. The second kappa shape index (κ2) is 10.2. The Morgan fingerprint density at radius 2 is 1.91 bits per heavy atom. The van der Waals surface area contributed by atoms with Crippen molar-refractivity contribution in [2.75, 3.05) is 27.3 Å². The van der Waals surface area contributed by atoms with Crippen LogP contribution in [0.3, 0.4) is 0 Å². The Morgan fingerprint density at radius 1 is 1.09 bits per heavy atom. The lowest BCUT2D eigenvalue weighted by molar-refractivity contribution is -0.126. The zero-order valence-electron chi connectivity index (χ0n) is 18.9. The number of hydrogen-bond acceptors (Lipinski definition) is 5. The minimum atomic E-state index is -0.122. The summed E-state index contributed by atoms with van der Waals surface area (Å²) >= 11 is 0. The molecular weight excluding hydrogens is 420 g/mol. The van der Waals surface area contributed by atoms with Crippen LogP contribution in [-0.2, 0) is 11.3 Å². The highest BCUT2D eigenvalue weighted by Gasteiger charge is 2.29. The lowest BCUT2D eigenvalue weighted by Crippen LogP contribution is -2.43. The number of likely N-dealkylation sites (tertiary alicyclic amines) is 1. The van der Waals surface area contributed by atoms with Crippen LogP contribution in [0.2, 0.25) is 0 Å². The second-order valence-electron chi connectivity index (χ2n) is 7.94. The highest BCUT2D eigenvalue weighted by Crippen LogP contribution is 2.25. The van der Waals surface area contributed by atoms with Gasteiger partial charge in [-0.3, -0.25) is 14.6 Å². The number of methoxy groups -OCH3 is 2. The SMILES string of the molecule is COc1ccc(CNC(=O)C2CCN(C(=O)c3cccn3-c3cccnc3)CC2)c(OC)c1. The zero-order valence-corrected chi connectivity index (χ0v) is 18.9. The molecule has 0 bridgehead atoms. The molecule has 8 heteroatoms. The molecule has 1 aromatic carbocycles. The average molecular weight is 449 g/mol. The number of piperidine rings is 1. The second-order valence-corrected chi connectivity index (χ2v) is 7.94. The van der Waals surface area contributed by atoms with Gasteiger partial charge in [0, 0.05) is 49.6 Å². The van der Waals surface area contributed by atoms with Gasteiger partial charge >= 0.3 is 0 Å². The van der Waals surface area contributed by atoms with Crippen molar-refractivity contribution in [3.63, 3.8) is 0 Å². The molecule has 1 fully saturated rings. The first-order chi connectivity index (χ1) is 16.1. The van der Waals surface area contributed by atoms with Gasteiger partial charge in [0.05, 0.1) is 26.1 Å². The molecule has 3 heterocycles. The molecule has 1 aliphatic rings. The molecular formula is C25H28N4O4. The van der Waals surface area contributed by atoms with Gasteiger partial charge in [-0.15, -0.1) is 0 Å². The summed E-state index contributed by atoms with van der Waals surface area (Å²) in [6, 6.07) is 13.0. The molecule has 2 amide bonds. The first-order valence-electron chi connectivity index (χ1n) is 11.0. The third-order valence-corrected chi connectivity index (χ3v) is 5.99. The van der Waals surface area contributed by atoms with Gasteiger partial charge in [0.15, 0.2) is 0 Å². The summed E-state index contributed by atoms with van der Waals surface area (Å²) in [7, 11) is 3.20. The first kappa shape index (κ1) is 22.4. The molecule has 3 aromatic rings. The van der Waals surface area contributed by atoms with E-state index in [1.807, 2.05) is 52.1 Å². The molecule has 172 valence electrons. The van der Waals surface area contributed by atoms with E-state index in [4.69, 9.17) is 9.47 Å². The van der Waals surface area contributed by atoms with Crippen LogP contribution in [0.25, 0.3) is 5.69 Å². The number of hydrogen-bond donors (Lipinski definition) is 1. The van der Waals surface area contributed by atoms with E-state index in [0.717, 1.165) is 11.3 Å². The lowest BCUT2D eigenvalue weighted by Gasteiger charge is -2.31. The van der Waals surface area contributed by atoms with Crippen LogP contribution < -0.4 is 14.8 Å². The number of ether oxygens (including phenoxy) is 2. The Morgan fingerprint density at radius 3 is 2.61 bits per heavy atom. The van der Waals surface area contributed by atoms with Crippen molar-refractivity contribution < 1.29 is 19.1 Å². The van der Waals surface area contributed by atoms with Crippen molar-refractivity contribution in [3.8, 4) is 17.2 Å². The summed E-state index contributed by atoms with van der Waals surface area (Å²) in [5.41, 5.74) is 2.32. The number of carbonyl (C=O) groups excluding carboxylic acids is 2. The van der Waals surface area contributed by atoms with Crippen molar-refractivity contribution in [3.05, 3.63) is 72.3 Å². The monoisotopic (exact) mass is 448 g/mol. The number of amides is 2. The van der Waals surface area contributed by atoms with Crippen LogP contribution in [0.4, 0.5) is 0 Å². The van der Waals surface area contributed by atoms with E-state index < -0.39 is 0 Å². The predicted molar refractivity (Wildman–Crippen MR) is 124 cm³/mol. The lowest BCUT2D eigenvalue weighted by atomic mass is 9.95. The summed E-state index contributed by atoms with van der Waals surface area (Å²) in [5.74, 6) is 1.22. The molecule has 0 radical (unpaired) electrons. The summed E-state index contributed by atoms with van der Waals surface area (Å²) < 4.78 is 12.5. The fraction of sp³-hybridized carbons (Fsp3) is 0.320. The largest absolute Gasteiger partial charge is 0.497 e. The number of rotatable bonds is 7. The van der Waals surface area contributed by atoms with E-state index >= 15 is 0 Å². The molecule has 2 aromatic heterocycles. The Balaban J connectivity index is 1.33. The molecule has 0 aliphatic carbocycles. The summed E-state index contributed by atoms with van der Waals surface area (Å²) in [6.07, 6.45) is 6.55. The van der Waals surface area contributed by atoms with E-state index in [2.05, 4.69) is 10.3 Å². The van der Waals surface area contributed by atoms with Crippen LogP contribution >= 0.6 is 0 Å². The molecule has 1 saturated heterocycles. The van der Waals surface area contributed by atoms with Crippen molar-refractivity contribution >= 4 is 11.8 Å². The topological polar surface area (TPSA) is 85.7 Å². The Labute approximate surface area is 193 Å². The van der Waals surface area contributed by atoms with Crippen molar-refractivity contribution in [2.45, 2.75) is 19.4 Å². The smallest absolute Gasteiger partial charge is 0.270 e. The third kappa shape index (κ3) is 5.00. The number of aromatic nitrogens is 2. The number of nitrogens with one attached hydrogen (secondary N) is 1. The van der Waals surface area contributed by atoms with Crippen molar-refractivity contribution in [1.29, 1.82) is 0 Å². The van der Waals surface area contributed by atoms with Crippen molar-refractivity contribution in [1.82, 2.24) is 19.8 Å². The van der Waals surface area contributed by atoms with Gasteiger partial charge in [-0.2, -0.15) is 0 Å². The first-order valence-corrected chi connectivity index (χ1v) is 11.0. The van der Waals surface area contributed by atoms with Gasteiger partial charge in [-0.1, -0.05) is 0 Å². The van der Waals surface area contributed by atoms with Crippen LogP contribution in [0, 0.1) is 5.92 Å². The molecule has 1 N–H and O–H groups in total. The zero-order chi connectivity index (χ0) is 23.2. The quantitative estimate of drug-likeness (QED) is 0.601. The number of carbonyl (C=O) groups is 2. The molecule has 0 atom stereocenters. The van der Waals surface area contributed by atoms with E-state index in [9.17, 15) is 9.59 Å². The number of benzene rings is 1. The minimum absolute atomic E-state index is 0.00120. The van der Waals surface area contributed by atoms with E-state index in [0.29, 0.717) is 49.7 Å². The maximum absolute atomic E-state index is 13.1. The molecule has 33 heavy (non-hydrogen) atoms. The highest BCUT2D eigenvalue weighted by molar-refractivity contribution is 5.93. The standard InChI is InChI=1S/C25H28N4O4/c1-32-21-8-7-19(23(15-21)33-2)16-27-24(30)18-9-13-28(14-10-18)25(31)22-6-4-12-29(22)20-5-3-11-26-17-20/h3-8,11-12,15,17-18H,9-10,13-14,16H2,1-2H3,(H,27,30). The van der Waals surface area contributed by atoms with E-state index in [1.54, 1.807) is 32.7 Å². The van der Waals surface area contributed by atoms with Crippen molar-refractivity contribution in [2.24, 2.45) is 5.92 Å². The minimum Gasteiger partial charge on any atom is -0.497 e. The van der Waals surface area contributed by atoms with Crippen LogP contribution in [0.1, 0.15) is 28.9 Å². The number of pyridine rings is 1. The average Bonchev–Trinajstić information content (AvgIpc) is 3.37. The maximum atomic E-state index is 13.1.